The first-order valence-electron chi connectivity index (χ1n) is 6.04. The molecule has 0 heterocycles. The first-order valence-corrected chi connectivity index (χ1v) is 6.04. The summed E-state index contributed by atoms with van der Waals surface area (Å²) in [5, 5.41) is 0. The van der Waals surface area contributed by atoms with E-state index in [0.29, 0.717) is 11.8 Å². The molecule has 0 amide bonds. The van der Waals surface area contributed by atoms with Gasteiger partial charge in [-0.25, -0.2) is 0 Å². The molecule has 1 rings (SSSR count). The van der Waals surface area contributed by atoms with Gasteiger partial charge in [0.2, 0.25) is 0 Å². The van der Waals surface area contributed by atoms with E-state index in [1.165, 1.54) is 0 Å². The van der Waals surface area contributed by atoms with Crippen LogP contribution in [0, 0.1) is 17.8 Å². The smallest absolute Gasteiger partial charge is 0.140 e. The molecule has 0 N–H and O–H groups in total. The summed E-state index contributed by atoms with van der Waals surface area (Å²) in [6, 6.07) is 0. The summed E-state index contributed by atoms with van der Waals surface area (Å²) in [6.07, 6.45) is 11.8. The predicted octanol–water partition coefficient (Wildman–Crippen LogP) is 3.93. The lowest BCUT2D eigenvalue weighted by Gasteiger charge is -2.16. The van der Waals surface area contributed by atoms with Crippen LogP contribution in [0.4, 0.5) is 0 Å². The summed E-state index contributed by atoms with van der Waals surface area (Å²) in [7, 11) is 0. The number of hydrogen-bond acceptors (Lipinski definition) is 1. The molecule has 1 nitrogen and oxygen atoms in total. The molecule has 0 fully saturated rings. The van der Waals surface area contributed by atoms with Crippen molar-refractivity contribution in [2.45, 2.75) is 34.1 Å². The van der Waals surface area contributed by atoms with Crippen molar-refractivity contribution in [1.82, 2.24) is 0 Å². The van der Waals surface area contributed by atoms with Gasteiger partial charge in [-0.3, -0.25) is 4.79 Å². The van der Waals surface area contributed by atoms with Gasteiger partial charge in [-0.2, -0.15) is 0 Å². The third-order valence-electron chi connectivity index (χ3n) is 3.38. The molecule has 16 heavy (non-hydrogen) atoms. The monoisotopic (exact) mass is 218 g/mol. The highest BCUT2D eigenvalue weighted by Gasteiger charge is 2.14. The number of carbonyl (C=O) groups is 1. The molecule has 0 spiro atoms. The fraction of sp³-hybridized carbons (Fsp3) is 0.533. The average molecular weight is 218 g/mol. The van der Waals surface area contributed by atoms with Crippen molar-refractivity contribution in [1.29, 1.82) is 0 Å². The van der Waals surface area contributed by atoms with E-state index in [2.05, 4.69) is 44.2 Å². The minimum Gasteiger partial charge on any atom is -0.299 e. The van der Waals surface area contributed by atoms with E-state index in [9.17, 15) is 4.79 Å². The highest BCUT2D eigenvalue weighted by molar-refractivity contribution is 5.83. The van der Waals surface area contributed by atoms with Gasteiger partial charge in [0, 0.05) is 0 Å². The van der Waals surface area contributed by atoms with Crippen molar-refractivity contribution in [3.8, 4) is 0 Å². The Bertz CT molecular complexity index is 333. The molecule has 88 valence electrons. The molecule has 0 aromatic carbocycles. The van der Waals surface area contributed by atoms with Crippen LogP contribution in [0.2, 0.25) is 0 Å². The second kappa shape index (κ2) is 5.83. The summed E-state index contributed by atoms with van der Waals surface area (Å²) < 4.78 is 0. The lowest BCUT2D eigenvalue weighted by atomic mass is 9.89. The van der Waals surface area contributed by atoms with Crippen LogP contribution in [0.15, 0.2) is 36.0 Å². The van der Waals surface area contributed by atoms with Gasteiger partial charge in [0.15, 0.2) is 0 Å². The van der Waals surface area contributed by atoms with E-state index >= 15 is 0 Å². The minimum absolute atomic E-state index is 0.0267. The van der Waals surface area contributed by atoms with E-state index in [-0.39, 0.29) is 11.7 Å². The van der Waals surface area contributed by atoms with Crippen molar-refractivity contribution in [2.75, 3.05) is 0 Å². The maximum atomic E-state index is 11.6. The molecule has 0 saturated carbocycles. The topological polar surface area (TPSA) is 17.1 Å². The average Bonchev–Trinajstić information content (AvgIpc) is 2.22. The van der Waals surface area contributed by atoms with Gasteiger partial charge in [-0.05, 0) is 32.1 Å². The minimum atomic E-state index is -0.0267. The van der Waals surface area contributed by atoms with Crippen molar-refractivity contribution in [3.63, 3.8) is 0 Å². The lowest BCUT2D eigenvalue weighted by Crippen LogP contribution is -2.11. The van der Waals surface area contributed by atoms with Crippen molar-refractivity contribution in [3.05, 3.63) is 36.0 Å². The molecular formula is C15H22O. The van der Waals surface area contributed by atoms with E-state index in [4.69, 9.17) is 0 Å². The Kier molecular flexibility index (Phi) is 4.72. The molecule has 3 unspecified atom stereocenters. The van der Waals surface area contributed by atoms with Gasteiger partial charge < -0.3 is 0 Å². The Balaban J connectivity index is 2.98. The first kappa shape index (κ1) is 13.0. The van der Waals surface area contributed by atoms with E-state index in [0.717, 1.165) is 12.0 Å². The molecule has 3 atom stereocenters. The summed E-state index contributed by atoms with van der Waals surface area (Å²) in [4.78, 5) is 11.6. The van der Waals surface area contributed by atoms with Crippen LogP contribution in [0.25, 0.3) is 0 Å². The van der Waals surface area contributed by atoms with Gasteiger partial charge in [0.05, 0.1) is 5.92 Å². The number of rotatable bonds is 1. The third-order valence-corrected chi connectivity index (χ3v) is 3.38. The molecular weight excluding hydrogens is 196 g/mol. The molecule has 0 aliphatic heterocycles. The van der Waals surface area contributed by atoms with Crippen LogP contribution in [-0.2, 0) is 4.79 Å². The number of hydrogen-bond donors (Lipinski definition) is 0. The quantitative estimate of drug-likeness (QED) is 0.609. The fourth-order valence-corrected chi connectivity index (χ4v) is 1.92. The molecule has 0 aromatic heterocycles. The van der Waals surface area contributed by atoms with Gasteiger partial charge in [-0.1, -0.05) is 49.8 Å². The fourth-order valence-electron chi connectivity index (χ4n) is 1.92. The predicted molar refractivity (Wildman–Crippen MR) is 69.2 cm³/mol. The van der Waals surface area contributed by atoms with Gasteiger partial charge in [0.25, 0.3) is 0 Å². The van der Waals surface area contributed by atoms with Crippen molar-refractivity contribution < 1.29 is 4.79 Å². The normalized spacial score (nSPS) is 38.2. The number of carbonyl (C=O) groups excluding carboxylic acids is 1. The molecule has 0 aromatic rings. The van der Waals surface area contributed by atoms with Crippen LogP contribution in [-0.4, -0.2) is 5.78 Å². The first-order chi connectivity index (χ1) is 7.52. The van der Waals surface area contributed by atoms with Gasteiger partial charge in [0.1, 0.15) is 5.78 Å². The van der Waals surface area contributed by atoms with Crippen LogP contribution in [0.1, 0.15) is 34.1 Å². The SMILES string of the molecule is CC(=O)C1/C=C\C(C)C(C)/C=C\C/C=C\1C. The van der Waals surface area contributed by atoms with Gasteiger partial charge in [-0.15, -0.1) is 0 Å². The van der Waals surface area contributed by atoms with Crippen LogP contribution < -0.4 is 0 Å². The standard InChI is InChI=1S/C15H22O/c1-11-7-5-6-8-13(3)15(14(4)16)10-9-12(11)2/h5,7-12,15H,6H2,1-4H3/b7-5-,10-9-,13-8-. The zero-order valence-electron chi connectivity index (χ0n) is 10.7. The van der Waals surface area contributed by atoms with Crippen LogP contribution >= 0.6 is 0 Å². The maximum absolute atomic E-state index is 11.6. The zero-order valence-corrected chi connectivity index (χ0v) is 10.7. The van der Waals surface area contributed by atoms with Gasteiger partial charge >= 0.3 is 0 Å². The molecule has 1 aliphatic carbocycles. The maximum Gasteiger partial charge on any atom is 0.140 e. The highest BCUT2D eigenvalue weighted by atomic mass is 16.1. The molecule has 0 bridgehead atoms. The Morgan fingerprint density at radius 3 is 2.44 bits per heavy atom. The van der Waals surface area contributed by atoms with Crippen LogP contribution in [0.3, 0.4) is 0 Å². The van der Waals surface area contributed by atoms with E-state index < -0.39 is 0 Å². The second-order valence-corrected chi connectivity index (χ2v) is 4.80. The lowest BCUT2D eigenvalue weighted by molar-refractivity contribution is -0.118. The molecule has 1 heteroatoms. The van der Waals surface area contributed by atoms with Crippen molar-refractivity contribution in [2.24, 2.45) is 17.8 Å². The summed E-state index contributed by atoms with van der Waals surface area (Å²) >= 11 is 0. The zero-order chi connectivity index (χ0) is 12.1. The summed E-state index contributed by atoms with van der Waals surface area (Å²) in [5.74, 6) is 1.23. The summed E-state index contributed by atoms with van der Waals surface area (Å²) in [5.41, 5.74) is 1.16. The third kappa shape index (κ3) is 3.48. The largest absolute Gasteiger partial charge is 0.299 e. The molecule has 1 aliphatic rings. The molecule has 0 radical (unpaired) electrons. The highest BCUT2D eigenvalue weighted by Crippen LogP contribution is 2.21. The van der Waals surface area contributed by atoms with E-state index in [1.54, 1.807) is 6.92 Å². The number of allylic oxidation sites excluding steroid dienone is 6. The Morgan fingerprint density at radius 2 is 1.81 bits per heavy atom. The Morgan fingerprint density at radius 1 is 1.19 bits per heavy atom. The summed E-state index contributed by atoms with van der Waals surface area (Å²) in [6.45, 7) is 8.12. The Labute approximate surface area is 98.9 Å². The number of Topliss-reactive ketones (excluding diaryl/α,β-unsaturated/α-hetero) is 1. The van der Waals surface area contributed by atoms with Crippen molar-refractivity contribution >= 4 is 5.78 Å². The molecule has 0 saturated heterocycles. The van der Waals surface area contributed by atoms with Crippen LogP contribution in [0.5, 0.6) is 0 Å². The van der Waals surface area contributed by atoms with E-state index in [1.807, 2.05) is 6.92 Å². The number of ketones is 1. The second-order valence-electron chi connectivity index (χ2n) is 4.80. The Hall–Kier alpha value is -1.11.